The number of hydrogen-bond donors (Lipinski definition) is 2. The third-order valence-corrected chi connectivity index (χ3v) is 4.14. The van der Waals surface area contributed by atoms with E-state index in [1.54, 1.807) is 14.2 Å². The highest BCUT2D eigenvalue weighted by Crippen LogP contribution is 2.27. The average molecular weight is 306 g/mol. The second kappa shape index (κ2) is 8.03. The number of carbonyl (C=O) groups excluding carboxylic acids is 1. The third kappa shape index (κ3) is 4.37. The molecule has 2 rings (SSSR count). The Morgan fingerprint density at radius 2 is 2.09 bits per heavy atom. The van der Waals surface area contributed by atoms with Gasteiger partial charge in [0, 0.05) is 6.54 Å². The van der Waals surface area contributed by atoms with Gasteiger partial charge in [0.15, 0.2) is 11.5 Å². The van der Waals surface area contributed by atoms with E-state index in [0.29, 0.717) is 18.2 Å². The van der Waals surface area contributed by atoms with E-state index >= 15 is 0 Å². The summed E-state index contributed by atoms with van der Waals surface area (Å²) in [7, 11) is 3.25. The van der Waals surface area contributed by atoms with Crippen molar-refractivity contribution < 1.29 is 14.3 Å². The maximum Gasteiger partial charge on any atom is 0.237 e. The second-order valence-electron chi connectivity index (χ2n) is 5.87. The van der Waals surface area contributed by atoms with Crippen LogP contribution in [0, 0.1) is 5.92 Å². The zero-order chi connectivity index (χ0) is 15.9. The number of amides is 1. The maximum atomic E-state index is 12.1. The summed E-state index contributed by atoms with van der Waals surface area (Å²) in [6, 6.07) is 5.79. The molecule has 0 saturated carbocycles. The van der Waals surface area contributed by atoms with Gasteiger partial charge >= 0.3 is 0 Å². The predicted octanol–water partition coefficient (Wildman–Crippen LogP) is 1.75. The zero-order valence-electron chi connectivity index (χ0n) is 13.6. The van der Waals surface area contributed by atoms with Gasteiger partial charge in [-0.15, -0.1) is 0 Å². The lowest BCUT2D eigenvalue weighted by atomic mass is 9.94. The van der Waals surface area contributed by atoms with E-state index in [4.69, 9.17) is 9.47 Å². The quantitative estimate of drug-likeness (QED) is 0.840. The van der Waals surface area contributed by atoms with Gasteiger partial charge in [-0.25, -0.2) is 0 Å². The van der Waals surface area contributed by atoms with Crippen molar-refractivity contribution in [3.63, 3.8) is 0 Å². The molecule has 1 aliphatic heterocycles. The minimum Gasteiger partial charge on any atom is -0.493 e. The van der Waals surface area contributed by atoms with Crippen LogP contribution in [0.25, 0.3) is 0 Å². The van der Waals surface area contributed by atoms with E-state index < -0.39 is 0 Å². The molecule has 1 aromatic rings. The van der Waals surface area contributed by atoms with Gasteiger partial charge in [-0.1, -0.05) is 13.0 Å². The van der Waals surface area contributed by atoms with Crippen LogP contribution in [0.15, 0.2) is 18.2 Å². The third-order valence-electron chi connectivity index (χ3n) is 4.14. The highest BCUT2D eigenvalue weighted by molar-refractivity contribution is 5.81. The zero-order valence-corrected chi connectivity index (χ0v) is 13.6. The number of ether oxygens (including phenoxy) is 2. The minimum atomic E-state index is -0.0471. The lowest BCUT2D eigenvalue weighted by Crippen LogP contribution is -2.48. The van der Waals surface area contributed by atoms with Crippen LogP contribution in [0.4, 0.5) is 0 Å². The van der Waals surface area contributed by atoms with Crippen LogP contribution < -0.4 is 20.1 Å². The molecule has 5 nitrogen and oxygen atoms in total. The Balaban J connectivity index is 1.82. The van der Waals surface area contributed by atoms with Crippen molar-refractivity contribution in [1.29, 1.82) is 0 Å². The molecule has 1 fully saturated rings. The Bertz CT molecular complexity index is 505. The van der Waals surface area contributed by atoms with Crippen molar-refractivity contribution in [3.05, 3.63) is 23.8 Å². The smallest absolute Gasteiger partial charge is 0.237 e. The van der Waals surface area contributed by atoms with Crippen LogP contribution in [-0.4, -0.2) is 39.3 Å². The van der Waals surface area contributed by atoms with Crippen molar-refractivity contribution >= 4 is 5.91 Å². The summed E-state index contributed by atoms with van der Waals surface area (Å²) in [5.41, 5.74) is 1.11. The Morgan fingerprint density at radius 3 is 2.77 bits per heavy atom. The lowest BCUT2D eigenvalue weighted by molar-refractivity contribution is -0.123. The Labute approximate surface area is 132 Å². The lowest BCUT2D eigenvalue weighted by Gasteiger charge is -2.27. The summed E-state index contributed by atoms with van der Waals surface area (Å²) < 4.78 is 10.5. The van der Waals surface area contributed by atoms with Crippen LogP contribution in [0.1, 0.15) is 25.3 Å². The van der Waals surface area contributed by atoms with Crippen molar-refractivity contribution in [2.24, 2.45) is 5.92 Å². The summed E-state index contributed by atoms with van der Waals surface area (Å²) >= 11 is 0. The van der Waals surface area contributed by atoms with Crippen LogP contribution in [0.5, 0.6) is 11.5 Å². The molecule has 22 heavy (non-hydrogen) atoms. The summed E-state index contributed by atoms with van der Waals surface area (Å²) in [6.07, 6.45) is 2.84. The molecular formula is C17H26N2O3. The monoisotopic (exact) mass is 306 g/mol. The summed E-state index contributed by atoms with van der Waals surface area (Å²) in [5, 5.41) is 6.30. The van der Waals surface area contributed by atoms with Gasteiger partial charge < -0.3 is 20.1 Å². The van der Waals surface area contributed by atoms with Gasteiger partial charge in [0.2, 0.25) is 5.91 Å². The van der Waals surface area contributed by atoms with Crippen molar-refractivity contribution in [2.45, 2.75) is 32.2 Å². The van der Waals surface area contributed by atoms with E-state index in [-0.39, 0.29) is 11.9 Å². The van der Waals surface area contributed by atoms with Crippen LogP contribution in [0.3, 0.4) is 0 Å². The van der Waals surface area contributed by atoms with Gasteiger partial charge in [0.25, 0.3) is 0 Å². The van der Waals surface area contributed by atoms with Gasteiger partial charge in [-0.2, -0.15) is 0 Å². The van der Waals surface area contributed by atoms with E-state index in [0.717, 1.165) is 37.1 Å². The number of hydrogen-bond acceptors (Lipinski definition) is 4. The van der Waals surface area contributed by atoms with Crippen molar-refractivity contribution in [3.8, 4) is 11.5 Å². The summed E-state index contributed by atoms with van der Waals surface area (Å²) in [5.74, 6) is 2.15. The van der Waals surface area contributed by atoms with E-state index in [1.165, 1.54) is 0 Å². The molecule has 1 aliphatic rings. The van der Waals surface area contributed by atoms with E-state index in [2.05, 4.69) is 17.6 Å². The Kier molecular flexibility index (Phi) is 6.07. The van der Waals surface area contributed by atoms with Crippen molar-refractivity contribution in [1.82, 2.24) is 10.6 Å². The molecule has 0 aromatic heterocycles. The first-order valence-corrected chi connectivity index (χ1v) is 7.86. The van der Waals surface area contributed by atoms with Gasteiger partial charge in [-0.3, -0.25) is 4.79 Å². The van der Waals surface area contributed by atoms with E-state index in [9.17, 15) is 4.79 Å². The molecule has 1 saturated heterocycles. The summed E-state index contributed by atoms with van der Waals surface area (Å²) in [6.45, 7) is 3.75. The number of nitrogens with one attached hydrogen (secondary N) is 2. The Morgan fingerprint density at radius 1 is 1.32 bits per heavy atom. The first kappa shape index (κ1) is 16.6. The van der Waals surface area contributed by atoms with Crippen molar-refractivity contribution in [2.75, 3.05) is 27.3 Å². The molecule has 2 N–H and O–H groups in total. The molecule has 2 atom stereocenters. The van der Waals surface area contributed by atoms with Crippen LogP contribution in [-0.2, 0) is 11.2 Å². The molecule has 0 bridgehead atoms. The first-order chi connectivity index (χ1) is 10.6. The fourth-order valence-corrected chi connectivity index (χ4v) is 2.80. The van der Waals surface area contributed by atoms with Gasteiger partial charge in [0.05, 0.1) is 20.3 Å². The average Bonchev–Trinajstić information content (AvgIpc) is 2.54. The Hall–Kier alpha value is -1.75. The molecule has 1 aromatic carbocycles. The van der Waals surface area contributed by atoms with Gasteiger partial charge in [-0.05, 0) is 49.4 Å². The SMILES string of the molecule is COc1ccc(CCNC(=O)C2CC(C)CCN2)cc1OC. The molecule has 1 heterocycles. The molecule has 1 amide bonds. The topological polar surface area (TPSA) is 59.6 Å². The highest BCUT2D eigenvalue weighted by atomic mass is 16.5. The highest BCUT2D eigenvalue weighted by Gasteiger charge is 2.23. The largest absolute Gasteiger partial charge is 0.493 e. The normalized spacial score (nSPS) is 21.2. The molecule has 122 valence electrons. The number of benzene rings is 1. The van der Waals surface area contributed by atoms with Crippen LogP contribution >= 0.6 is 0 Å². The molecular weight excluding hydrogens is 280 g/mol. The van der Waals surface area contributed by atoms with Crippen LogP contribution in [0.2, 0.25) is 0 Å². The number of rotatable bonds is 6. The first-order valence-electron chi connectivity index (χ1n) is 7.86. The molecule has 0 radical (unpaired) electrons. The molecule has 0 spiro atoms. The number of methoxy groups -OCH3 is 2. The summed E-state index contributed by atoms with van der Waals surface area (Å²) in [4.78, 5) is 12.1. The molecule has 2 unspecified atom stereocenters. The molecule has 5 heteroatoms. The fourth-order valence-electron chi connectivity index (χ4n) is 2.80. The van der Waals surface area contributed by atoms with E-state index in [1.807, 2.05) is 18.2 Å². The predicted molar refractivity (Wildman–Crippen MR) is 86.4 cm³/mol. The number of carbonyl (C=O) groups is 1. The minimum absolute atomic E-state index is 0.0471. The fraction of sp³-hybridized carbons (Fsp3) is 0.588. The second-order valence-corrected chi connectivity index (χ2v) is 5.87. The standard InChI is InChI=1S/C17H26N2O3/c1-12-6-8-18-14(10-12)17(20)19-9-7-13-4-5-15(21-2)16(11-13)22-3/h4-5,11-12,14,18H,6-10H2,1-3H3,(H,19,20). The molecule has 0 aliphatic carbocycles. The number of piperidine rings is 1. The maximum absolute atomic E-state index is 12.1. The van der Waals surface area contributed by atoms with Gasteiger partial charge in [0.1, 0.15) is 0 Å².